The highest BCUT2D eigenvalue weighted by Gasteiger charge is 2.33. The molecule has 0 amide bonds. The zero-order chi connectivity index (χ0) is 22.1. The lowest BCUT2D eigenvalue weighted by atomic mass is 10.0. The zero-order valence-corrected chi connectivity index (χ0v) is 18.6. The molecule has 7 nitrogen and oxygen atoms in total. The Labute approximate surface area is 185 Å². The van der Waals surface area contributed by atoms with E-state index in [1.54, 1.807) is 31.2 Å². The van der Waals surface area contributed by atoms with Crippen molar-refractivity contribution in [3.63, 3.8) is 0 Å². The van der Waals surface area contributed by atoms with E-state index in [0.29, 0.717) is 31.9 Å². The van der Waals surface area contributed by atoms with E-state index in [9.17, 15) is 14.4 Å². The molecule has 0 saturated carbocycles. The van der Waals surface area contributed by atoms with Gasteiger partial charge in [0.2, 0.25) is 0 Å². The minimum Gasteiger partial charge on any atom is -0.466 e. The van der Waals surface area contributed by atoms with Gasteiger partial charge in [-0.1, -0.05) is 29.5 Å². The number of benzene rings is 1. The number of nitrogens with zero attached hydrogens (tertiary/aromatic N) is 2. The molecule has 1 aliphatic rings. The lowest BCUT2D eigenvalue weighted by Crippen LogP contribution is -2.39. The lowest BCUT2D eigenvalue weighted by Gasteiger charge is -2.22. The molecule has 0 radical (unpaired) electrons. The van der Waals surface area contributed by atoms with Crippen LogP contribution in [0.25, 0.3) is 6.08 Å². The number of aromatic nitrogens is 1. The third-order valence-corrected chi connectivity index (χ3v) is 6.56. The summed E-state index contributed by atoms with van der Waals surface area (Å²) in [5, 5.41) is 1.90. The van der Waals surface area contributed by atoms with Crippen LogP contribution in [0.2, 0.25) is 0 Å². The first-order valence-corrected chi connectivity index (χ1v) is 11.0. The van der Waals surface area contributed by atoms with Crippen LogP contribution in [0, 0.1) is 0 Å². The van der Waals surface area contributed by atoms with Gasteiger partial charge in [-0.25, -0.2) is 9.79 Å². The molecule has 9 heteroatoms. The zero-order valence-electron chi connectivity index (χ0n) is 16.9. The van der Waals surface area contributed by atoms with Gasteiger partial charge in [-0.15, -0.1) is 11.3 Å². The van der Waals surface area contributed by atoms with Crippen molar-refractivity contribution in [3.8, 4) is 5.75 Å². The van der Waals surface area contributed by atoms with E-state index in [1.165, 1.54) is 41.3 Å². The van der Waals surface area contributed by atoms with Crippen molar-refractivity contribution >= 4 is 40.7 Å². The van der Waals surface area contributed by atoms with Gasteiger partial charge in [0.05, 0.1) is 22.9 Å². The third-order valence-electron chi connectivity index (χ3n) is 4.66. The molecule has 0 N–H and O–H groups in total. The van der Waals surface area contributed by atoms with Crippen LogP contribution in [-0.4, -0.2) is 23.6 Å². The molecule has 1 atom stereocenters. The number of hydrogen-bond donors (Lipinski definition) is 0. The summed E-state index contributed by atoms with van der Waals surface area (Å²) in [5.74, 6) is -0.532. The van der Waals surface area contributed by atoms with Crippen molar-refractivity contribution in [1.82, 2.24) is 4.57 Å². The van der Waals surface area contributed by atoms with Crippen LogP contribution in [-0.2, 0) is 14.3 Å². The molecule has 0 aliphatic carbocycles. The number of methoxy groups -OCH3 is 1. The fourth-order valence-corrected chi connectivity index (χ4v) is 5.26. The number of esters is 2. The number of thiazole rings is 1. The Morgan fingerprint density at radius 3 is 2.71 bits per heavy atom. The Balaban J connectivity index is 1.89. The quantitative estimate of drug-likeness (QED) is 0.446. The number of rotatable bonds is 4. The molecular formula is C22H18N2O5S2. The smallest absolute Gasteiger partial charge is 0.338 e. The maximum Gasteiger partial charge on any atom is 0.338 e. The fourth-order valence-electron chi connectivity index (χ4n) is 3.39. The highest BCUT2D eigenvalue weighted by Crippen LogP contribution is 2.32. The molecule has 1 aromatic carbocycles. The van der Waals surface area contributed by atoms with Gasteiger partial charge in [-0.2, -0.15) is 0 Å². The molecule has 0 bridgehead atoms. The summed E-state index contributed by atoms with van der Waals surface area (Å²) in [6, 6.07) is 10.1. The maximum absolute atomic E-state index is 13.4. The van der Waals surface area contributed by atoms with Crippen LogP contribution in [0.5, 0.6) is 5.75 Å². The molecule has 31 heavy (non-hydrogen) atoms. The molecule has 0 unspecified atom stereocenters. The van der Waals surface area contributed by atoms with E-state index < -0.39 is 18.0 Å². The number of hydrogen-bond acceptors (Lipinski definition) is 8. The second-order valence-corrected chi connectivity index (χ2v) is 8.74. The maximum atomic E-state index is 13.4. The number of allylic oxidation sites excluding steroid dienone is 1. The molecule has 3 aromatic rings. The number of carbonyl (C=O) groups excluding carboxylic acids is 2. The summed E-state index contributed by atoms with van der Waals surface area (Å²) in [7, 11) is 1.31. The number of fused-ring (bicyclic) bond motifs is 1. The van der Waals surface area contributed by atoms with Crippen molar-refractivity contribution in [2.75, 3.05) is 7.11 Å². The van der Waals surface area contributed by atoms with E-state index >= 15 is 0 Å². The van der Waals surface area contributed by atoms with Gasteiger partial charge in [0.1, 0.15) is 11.8 Å². The highest BCUT2D eigenvalue weighted by atomic mass is 32.1. The van der Waals surface area contributed by atoms with Crippen molar-refractivity contribution in [3.05, 3.63) is 83.2 Å². The monoisotopic (exact) mass is 454 g/mol. The van der Waals surface area contributed by atoms with E-state index in [2.05, 4.69) is 4.99 Å². The Bertz CT molecular complexity index is 1380. The Kier molecular flexibility index (Phi) is 5.71. The largest absolute Gasteiger partial charge is 0.466 e. The summed E-state index contributed by atoms with van der Waals surface area (Å²) in [5.41, 5.74) is 1.32. The average Bonchev–Trinajstić information content (AvgIpc) is 3.35. The molecule has 0 fully saturated rings. The van der Waals surface area contributed by atoms with Crippen molar-refractivity contribution < 1.29 is 19.1 Å². The van der Waals surface area contributed by atoms with E-state index in [0.717, 1.165) is 4.88 Å². The van der Waals surface area contributed by atoms with Crippen molar-refractivity contribution in [2.45, 2.75) is 19.9 Å². The number of ether oxygens (including phenoxy) is 2. The standard InChI is InChI=1S/C22H18N2O5S2/c1-12-18(21(27)28-3)19(16-8-5-9-30-16)24-20(26)17(31-22(24)23-12)11-14-6-4-7-15(10-14)29-13(2)25/h4-11,19H,1-3H3/b17-11-/t19-/m0/s1. The Hall–Kier alpha value is -3.30. The van der Waals surface area contributed by atoms with Gasteiger partial charge >= 0.3 is 11.9 Å². The van der Waals surface area contributed by atoms with Gasteiger partial charge in [0.25, 0.3) is 5.56 Å². The fraction of sp³-hybridized carbons (Fsp3) is 0.182. The number of thiophene rings is 1. The molecule has 0 spiro atoms. The molecular weight excluding hydrogens is 436 g/mol. The van der Waals surface area contributed by atoms with Crippen LogP contribution in [0.1, 0.15) is 30.3 Å². The van der Waals surface area contributed by atoms with E-state index in [-0.39, 0.29) is 5.56 Å². The van der Waals surface area contributed by atoms with E-state index in [4.69, 9.17) is 9.47 Å². The molecule has 1 aliphatic heterocycles. The van der Waals surface area contributed by atoms with Gasteiger partial charge in [0, 0.05) is 11.8 Å². The first kappa shape index (κ1) is 21.0. The van der Waals surface area contributed by atoms with Crippen molar-refractivity contribution in [1.29, 1.82) is 0 Å². The highest BCUT2D eigenvalue weighted by molar-refractivity contribution is 7.10. The first-order chi connectivity index (χ1) is 14.9. The van der Waals surface area contributed by atoms with Gasteiger partial charge < -0.3 is 9.47 Å². The predicted octanol–water partition coefficient (Wildman–Crippen LogP) is 2.40. The molecule has 2 aromatic heterocycles. The van der Waals surface area contributed by atoms with Crippen LogP contribution in [0.3, 0.4) is 0 Å². The van der Waals surface area contributed by atoms with Gasteiger partial charge in [-0.3, -0.25) is 14.2 Å². The van der Waals surface area contributed by atoms with Crippen molar-refractivity contribution in [2.24, 2.45) is 4.99 Å². The van der Waals surface area contributed by atoms with E-state index in [1.807, 2.05) is 23.6 Å². The molecule has 4 rings (SSSR count). The normalized spacial score (nSPS) is 16.0. The summed E-state index contributed by atoms with van der Waals surface area (Å²) >= 11 is 2.70. The van der Waals surface area contributed by atoms with Crippen LogP contribution in [0.15, 0.2) is 62.8 Å². The van der Waals surface area contributed by atoms with Gasteiger partial charge in [0.15, 0.2) is 4.80 Å². The lowest BCUT2D eigenvalue weighted by molar-refractivity contribution is -0.136. The topological polar surface area (TPSA) is 87.0 Å². The summed E-state index contributed by atoms with van der Waals surface area (Å²) in [6.07, 6.45) is 1.72. The molecule has 3 heterocycles. The SMILES string of the molecule is COC(=O)C1=C(C)N=c2s/c(=C\c3cccc(OC(C)=O)c3)c(=O)n2[C@H]1c1cccs1. The first-order valence-electron chi connectivity index (χ1n) is 9.32. The van der Waals surface area contributed by atoms with Crippen LogP contribution >= 0.6 is 22.7 Å². The van der Waals surface area contributed by atoms with Gasteiger partial charge in [-0.05, 0) is 42.1 Å². The molecule has 158 valence electrons. The average molecular weight is 455 g/mol. The predicted molar refractivity (Wildman–Crippen MR) is 118 cm³/mol. The summed E-state index contributed by atoms with van der Waals surface area (Å²) in [6.45, 7) is 3.07. The second kappa shape index (κ2) is 8.44. The third kappa shape index (κ3) is 4.01. The number of carbonyl (C=O) groups is 2. The molecule has 0 saturated heterocycles. The summed E-state index contributed by atoms with van der Waals surface area (Å²) in [4.78, 5) is 43.0. The minimum absolute atomic E-state index is 0.256. The Morgan fingerprint density at radius 2 is 2.03 bits per heavy atom. The summed E-state index contributed by atoms with van der Waals surface area (Å²) < 4.78 is 12.1. The van der Waals surface area contributed by atoms with Crippen LogP contribution in [0.4, 0.5) is 0 Å². The van der Waals surface area contributed by atoms with Crippen LogP contribution < -0.4 is 19.6 Å². The minimum atomic E-state index is -0.599. The Morgan fingerprint density at radius 1 is 1.23 bits per heavy atom. The second-order valence-electron chi connectivity index (χ2n) is 6.75.